The van der Waals surface area contributed by atoms with Crippen LogP contribution < -0.4 is 15.6 Å². The molecular weight excluding hydrogens is 278 g/mol. The first-order chi connectivity index (χ1) is 9.69. The molecule has 0 amide bonds. The molecule has 20 heavy (non-hydrogen) atoms. The molecule has 2 heterocycles. The van der Waals surface area contributed by atoms with Gasteiger partial charge in [-0.2, -0.15) is 0 Å². The molecule has 5 nitrogen and oxygen atoms in total. The minimum Gasteiger partial charge on any atom is -0.496 e. The Morgan fingerprint density at radius 1 is 1.40 bits per heavy atom. The van der Waals surface area contributed by atoms with E-state index >= 15 is 0 Å². The van der Waals surface area contributed by atoms with Crippen molar-refractivity contribution in [3.8, 4) is 17.1 Å². The van der Waals surface area contributed by atoms with Gasteiger partial charge in [0.05, 0.1) is 18.2 Å². The largest absolute Gasteiger partial charge is 0.496 e. The molecule has 0 aliphatic carbocycles. The van der Waals surface area contributed by atoms with Gasteiger partial charge in [0.2, 0.25) is 0 Å². The molecule has 0 bridgehead atoms. The number of rotatable bonds is 2. The van der Waals surface area contributed by atoms with Gasteiger partial charge in [0.25, 0.3) is 5.56 Å². The number of aromatic nitrogens is 2. The number of nitrogens with one attached hydrogen (secondary N) is 2. The quantitative estimate of drug-likeness (QED) is 0.892. The summed E-state index contributed by atoms with van der Waals surface area (Å²) in [6, 6.07) is 5.23. The van der Waals surface area contributed by atoms with Gasteiger partial charge in [-0.15, -0.1) is 0 Å². The maximum Gasteiger partial charge on any atom is 0.256 e. The summed E-state index contributed by atoms with van der Waals surface area (Å²) in [5.74, 6) is 1.72. The molecule has 0 atom stereocenters. The Hall–Kier alpha value is -2.01. The third-order valence-corrected chi connectivity index (χ3v) is 3.57. The van der Waals surface area contributed by atoms with Crippen molar-refractivity contribution in [3.05, 3.63) is 39.1 Å². The van der Waals surface area contributed by atoms with Crippen molar-refractivity contribution >= 4 is 17.4 Å². The number of anilines is 1. The van der Waals surface area contributed by atoms with Gasteiger partial charge in [0.1, 0.15) is 17.4 Å². The minimum atomic E-state index is -0.103. The van der Waals surface area contributed by atoms with Crippen molar-refractivity contribution in [2.45, 2.75) is 12.8 Å². The van der Waals surface area contributed by atoms with E-state index in [0.29, 0.717) is 33.5 Å². The van der Waals surface area contributed by atoms with Crippen LogP contribution in [0.3, 0.4) is 0 Å². The number of nitrogens with zero attached hydrogens (tertiary/aromatic N) is 1. The van der Waals surface area contributed by atoms with Crippen LogP contribution in [0.1, 0.15) is 12.0 Å². The van der Waals surface area contributed by atoms with Crippen molar-refractivity contribution in [2.24, 2.45) is 0 Å². The summed E-state index contributed by atoms with van der Waals surface area (Å²) >= 11 is 5.94. The maximum atomic E-state index is 12.1. The zero-order valence-electron chi connectivity index (χ0n) is 11.0. The number of H-pyrrole nitrogens is 1. The van der Waals surface area contributed by atoms with Gasteiger partial charge < -0.3 is 15.0 Å². The van der Waals surface area contributed by atoms with Gasteiger partial charge in [-0.3, -0.25) is 4.79 Å². The molecular formula is C14H14ClN3O2. The first-order valence-electron chi connectivity index (χ1n) is 6.40. The lowest BCUT2D eigenvalue weighted by molar-refractivity contribution is 0.416. The third kappa shape index (κ3) is 2.25. The molecule has 1 aliphatic rings. The average molecular weight is 292 g/mol. The van der Waals surface area contributed by atoms with E-state index in [1.165, 1.54) is 0 Å². The van der Waals surface area contributed by atoms with Gasteiger partial charge in [-0.1, -0.05) is 11.6 Å². The van der Waals surface area contributed by atoms with Crippen LogP contribution in [0, 0.1) is 0 Å². The molecule has 0 unspecified atom stereocenters. The van der Waals surface area contributed by atoms with Crippen LogP contribution in [-0.4, -0.2) is 23.6 Å². The smallest absolute Gasteiger partial charge is 0.256 e. The second-order valence-corrected chi connectivity index (χ2v) is 5.05. The summed E-state index contributed by atoms with van der Waals surface area (Å²) in [5, 5.41) is 3.74. The fourth-order valence-corrected chi connectivity index (χ4v) is 2.50. The fraction of sp³-hybridized carbons (Fsp3) is 0.286. The predicted molar refractivity (Wildman–Crippen MR) is 78.7 cm³/mol. The van der Waals surface area contributed by atoms with Crippen molar-refractivity contribution in [2.75, 3.05) is 19.0 Å². The molecule has 0 saturated carbocycles. The van der Waals surface area contributed by atoms with Crippen molar-refractivity contribution < 1.29 is 4.74 Å². The molecule has 6 heteroatoms. The van der Waals surface area contributed by atoms with E-state index in [4.69, 9.17) is 16.3 Å². The summed E-state index contributed by atoms with van der Waals surface area (Å²) in [6.07, 6.45) is 1.70. The molecule has 3 rings (SSSR count). The topological polar surface area (TPSA) is 67.0 Å². The van der Waals surface area contributed by atoms with Crippen LogP contribution in [0.25, 0.3) is 11.4 Å². The molecule has 1 aromatic carbocycles. The lowest BCUT2D eigenvalue weighted by atomic mass is 10.1. The number of fused-ring (bicyclic) bond motifs is 1. The highest BCUT2D eigenvalue weighted by Gasteiger charge is 2.17. The zero-order chi connectivity index (χ0) is 14.1. The Morgan fingerprint density at radius 3 is 3.05 bits per heavy atom. The predicted octanol–water partition coefficient (Wildman–Crippen LogP) is 2.46. The highest BCUT2D eigenvalue weighted by molar-refractivity contribution is 6.30. The summed E-state index contributed by atoms with van der Waals surface area (Å²) in [7, 11) is 1.56. The molecule has 0 fully saturated rings. The van der Waals surface area contributed by atoms with E-state index in [0.717, 1.165) is 19.4 Å². The summed E-state index contributed by atoms with van der Waals surface area (Å²) in [4.78, 5) is 19.4. The van der Waals surface area contributed by atoms with Crippen molar-refractivity contribution in [3.63, 3.8) is 0 Å². The van der Waals surface area contributed by atoms with Gasteiger partial charge in [-0.25, -0.2) is 4.98 Å². The minimum absolute atomic E-state index is 0.103. The van der Waals surface area contributed by atoms with Gasteiger partial charge >= 0.3 is 0 Å². The lowest BCUT2D eigenvalue weighted by Crippen LogP contribution is -2.24. The second-order valence-electron chi connectivity index (χ2n) is 4.62. The molecule has 0 saturated heterocycles. The average Bonchev–Trinajstić information content (AvgIpc) is 2.47. The Labute approximate surface area is 121 Å². The van der Waals surface area contributed by atoms with Crippen LogP contribution in [-0.2, 0) is 6.42 Å². The molecule has 0 radical (unpaired) electrons. The first-order valence-corrected chi connectivity index (χ1v) is 6.78. The Bertz CT molecular complexity index is 712. The van der Waals surface area contributed by atoms with E-state index in [2.05, 4.69) is 15.3 Å². The highest BCUT2D eigenvalue weighted by atomic mass is 35.5. The standard InChI is InChI=1S/C14H14ClN3O2/c1-20-11-7-8(15)4-5-9(11)13-17-12-10(14(19)18-13)3-2-6-16-12/h4-5,7H,2-3,6H2,1H3,(H2,16,17,18,19). The highest BCUT2D eigenvalue weighted by Crippen LogP contribution is 2.31. The van der Waals surface area contributed by atoms with Crippen LogP contribution in [0.4, 0.5) is 5.82 Å². The van der Waals surface area contributed by atoms with Crippen molar-refractivity contribution in [1.82, 2.24) is 9.97 Å². The Balaban J connectivity index is 2.16. The normalized spacial score (nSPS) is 13.5. The number of halogens is 1. The SMILES string of the molecule is COc1cc(Cl)ccc1-c1nc2c(c(=O)[nH]1)CCCN2. The first kappa shape index (κ1) is 13.0. The number of aromatic amines is 1. The van der Waals surface area contributed by atoms with Gasteiger partial charge in [-0.05, 0) is 31.0 Å². The number of benzene rings is 1. The number of hydrogen-bond acceptors (Lipinski definition) is 4. The molecule has 0 spiro atoms. The second kappa shape index (κ2) is 5.17. The Morgan fingerprint density at radius 2 is 2.25 bits per heavy atom. The lowest BCUT2D eigenvalue weighted by Gasteiger charge is -2.17. The van der Waals surface area contributed by atoms with E-state index in [9.17, 15) is 4.79 Å². The zero-order valence-corrected chi connectivity index (χ0v) is 11.8. The molecule has 1 aliphatic heterocycles. The monoisotopic (exact) mass is 291 g/mol. The number of ether oxygens (including phenoxy) is 1. The van der Waals surface area contributed by atoms with Crippen LogP contribution in [0.5, 0.6) is 5.75 Å². The molecule has 1 aromatic heterocycles. The van der Waals surface area contributed by atoms with E-state index in [-0.39, 0.29) is 5.56 Å². The summed E-state index contributed by atoms with van der Waals surface area (Å²) < 4.78 is 5.30. The van der Waals surface area contributed by atoms with Crippen LogP contribution >= 0.6 is 11.6 Å². The maximum absolute atomic E-state index is 12.1. The van der Waals surface area contributed by atoms with Gasteiger partial charge in [0.15, 0.2) is 0 Å². The Kier molecular flexibility index (Phi) is 3.36. The molecule has 104 valence electrons. The number of hydrogen-bond donors (Lipinski definition) is 2. The van der Waals surface area contributed by atoms with Crippen molar-refractivity contribution in [1.29, 1.82) is 0 Å². The summed E-state index contributed by atoms with van der Waals surface area (Å²) in [6.45, 7) is 0.834. The van der Waals surface area contributed by atoms with E-state index < -0.39 is 0 Å². The van der Waals surface area contributed by atoms with E-state index in [1.54, 1.807) is 25.3 Å². The third-order valence-electron chi connectivity index (χ3n) is 3.33. The summed E-state index contributed by atoms with van der Waals surface area (Å²) in [5.41, 5.74) is 1.33. The van der Waals surface area contributed by atoms with E-state index in [1.807, 2.05) is 0 Å². The number of methoxy groups -OCH3 is 1. The van der Waals surface area contributed by atoms with Crippen LogP contribution in [0.2, 0.25) is 5.02 Å². The fourth-order valence-electron chi connectivity index (χ4n) is 2.34. The molecule has 2 N–H and O–H groups in total. The van der Waals surface area contributed by atoms with Gasteiger partial charge in [0, 0.05) is 11.6 Å². The molecule has 2 aromatic rings. The van der Waals surface area contributed by atoms with Crippen LogP contribution in [0.15, 0.2) is 23.0 Å².